The summed E-state index contributed by atoms with van der Waals surface area (Å²) in [5, 5.41) is 0. The summed E-state index contributed by atoms with van der Waals surface area (Å²) in [6.45, 7) is 4.29. The summed E-state index contributed by atoms with van der Waals surface area (Å²) in [7, 11) is 0. The Bertz CT molecular complexity index is 933. The molecule has 0 bridgehead atoms. The Kier molecular flexibility index (Phi) is 5.36. The highest BCUT2D eigenvalue weighted by atomic mass is 127. The van der Waals surface area contributed by atoms with E-state index in [0.717, 1.165) is 0 Å². The molecule has 0 aliphatic carbocycles. The van der Waals surface area contributed by atoms with E-state index in [4.69, 9.17) is 0 Å². The van der Waals surface area contributed by atoms with E-state index in [1.165, 1.54) is 37.0 Å². The molecule has 0 amide bonds. The maximum absolute atomic E-state index is 2.38. The van der Waals surface area contributed by atoms with E-state index in [0.29, 0.717) is 0 Å². The molecule has 4 rings (SSSR count). The Morgan fingerprint density at radius 2 is 0.821 bits per heavy atom. The number of hydrogen-bond donors (Lipinski definition) is 0. The van der Waals surface area contributed by atoms with E-state index in [1.807, 2.05) is 0 Å². The monoisotopic (exact) mass is 474 g/mol. The molecule has 0 atom stereocenters. The lowest BCUT2D eigenvalue weighted by atomic mass is 9.65. The van der Waals surface area contributed by atoms with E-state index in [-0.39, 0.29) is 5.41 Å². The van der Waals surface area contributed by atoms with E-state index in [2.05, 4.69) is 140 Å². The van der Waals surface area contributed by atoms with Crippen molar-refractivity contribution in [2.24, 2.45) is 0 Å². The molecule has 0 saturated carbocycles. The molecular formula is C27H23I. The van der Waals surface area contributed by atoms with Crippen molar-refractivity contribution in [2.75, 3.05) is 0 Å². The van der Waals surface area contributed by atoms with E-state index >= 15 is 0 Å². The number of hydrogen-bond acceptors (Lipinski definition) is 0. The van der Waals surface area contributed by atoms with Crippen molar-refractivity contribution in [2.45, 2.75) is 19.3 Å². The Morgan fingerprint density at radius 3 is 1.25 bits per heavy atom. The minimum Gasteiger partial charge on any atom is -0.0622 e. The second kappa shape index (κ2) is 7.92. The lowest BCUT2D eigenvalue weighted by Gasteiger charge is -2.37. The minimum atomic E-state index is -0.354. The summed E-state index contributed by atoms with van der Waals surface area (Å²) in [5.74, 6) is 0. The first-order valence-electron chi connectivity index (χ1n) is 9.56. The first kappa shape index (κ1) is 18.9. The van der Waals surface area contributed by atoms with Gasteiger partial charge in [0.05, 0.1) is 5.41 Å². The van der Waals surface area contributed by atoms with Gasteiger partial charge >= 0.3 is 0 Å². The van der Waals surface area contributed by atoms with Crippen LogP contribution in [0.5, 0.6) is 0 Å². The van der Waals surface area contributed by atoms with Gasteiger partial charge in [-0.25, -0.2) is 0 Å². The average Bonchev–Trinajstić information content (AvgIpc) is 2.73. The molecule has 1 heteroatoms. The summed E-state index contributed by atoms with van der Waals surface area (Å²) in [4.78, 5) is 0. The molecule has 0 radical (unpaired) electrons. The molecule has 0 nitrogen and oxygen atoms in total. The summed E-state index contributed by atoms with van der Waals surface area (Å²) >= 11 is 2.38. The van der Waals surface area contributed by atoms with Gasteiger partial charge in [0.1, 0.15) is 0 Å². The van der Waals surface area contributed by atoms with Crippen LogP contribution in [0.25, 0.3) is 0 Å². The molecule has 4 aromatic carbocycles. The largest absolute Gasteiger partial charge is 0.0701 e. The lowest BCUT2D eigenvalue weighted by molar-refractivity contribution is 0.744. The smallest absolute Gasteiger partial charge is 0.0622 e. The van der Waals surface area contributed by atoms with Gasteiger partial charge in [-0.3, -0.25) is 0 Å². The summed E-state index contributed by atoms with van der Waals surface area (Å²) in [6.07, 6.45) is 0. The number of aryl methyl sites for hydroxylation is 2. The summed E-state index contributed by atoms with van der Waals surface area (Å²) < 4.78 is 1.25. The highest BCUT2D eigenvalue weighted by Gasteiger charge is 2.38. The number of halogens is 1. The van der Waals surface area contributed by atoms with Crippen LogP contribution >= 0.6 is 22.6 Å². The molecule has 0 N–H and O–H groups in total. The van der Waals surface area contributed by atoms with E-state index in [9.17, 15) is 0 Å². The third-order valence-corrected chi connectivity index (χ3v) is 6.17. The lowest BCUT2D eigenvalue weighted by Crippen LogP contribution is -2.31. The average molecular weight is 474 g/mol. The van der Waals surface area contributed by atoms with Crippen LogP contribution in [0.4, 0.5) is 0 Å². The zero-order valence-electron chi connectivity index (χ0n) is 16.2. The van der Waals surface area contributed by atoms with Crippen molar-refractivity contribution < 1.29 is 0 Å². The van der Waals surface area contributed by atoms with Gasteiger partial charge in [0.2, 0.25) is 0 Å². The molecule has 4 aromatic rings. The highest BCUT2D eigenvalue weighted by molar-refractivity contribution is 14.1. The highest BCUT2D eigenvalue weighted by Crippen LogP contribution is 2.45. The maximum Gasteiger partial charge on any atom is 0.0701 e. The van der Waals surface area contributed by atoms with Crippen LogP contribution < -0.4 is 0 Å². The van der Waals surface area contributed by atoms with Crippen molar-refractivity contribution in [3.63, 3.8) is 0 Å². The first-order chi connectivity index (χ1) is 13.6. The molecule has 28 heavy (non-hydrogen) atoms. The van der Waals surface area contributed by atoms with Crippen LogP contribution in [-0.2, 0) is 5.41 Å². The Morgan fingerprint density at radius 1 is 0.464 bits per heavy atom. The third kappa shape index (κ3) is 3.40. The zero-order valence-corrected chi connectivity index (χ0v) is 18.4. The first-order valence-corrected chi connectivity index (χ1v) is 10.6. The maximum atomic E-state index is 2.38. The van der Waals surface area contributed by atoms with Gasteiger partial charge < -0.3 is 0 Å². The number of rotatable bonds is 4. The molecule has 0 unspecified atom stereocenters. The van der Waals surface area contributed by atoms with Crippen LogP contribution in [-0.4, -0.2) is 0 Å². The van der Waals surface area contributed by atoms with Gasteiger partial charge in [-0.05, 0) is 70.8 Å². The Balaban J connectivity index is 2.11. The van der Waals surface area contributed by atoms with E-state index in [1.54, 1.807) is 0 Å². The molecule has 0 heterocycles. The molecular weight excluding hydrogens is 451 g/mol. The summed E-state index contributed by atoms with van der Waals surface area (Å²) in [5.41, 5.74) is 7.33. The SMILES string of the molecule is Cc1ccc(C(c2ccccc2)(c2ccc(C)cc2)c2ccc(I)cc2)cc1. The van der Waals surface area contributed by atoms with Crippen LogP contribution in [0.1, 0.15) is 33.4 Å². The fourth-order valence-electron chi connectivity index (χ4n) is 4.00. The predicted octanol–water partition coefficient (Wildman–Crippen LogP) is 7.29. The van der Waals surface area contributed by atoms with Crippen molar-refractivity contribution >= 4 is 22.6 Å². The molecule has 0 aliphatic heterocycles. The van der Waals surface area contributed by atoms with Crippen LogP contribution in [0.3, 0.4) is 0 Å². The predicted molar refractivity (Wildman–Crippen MR) is 127 cm³/mol. The second-order valence-electron chi connectivity index (χ2n) is 7.35. The molecule has 138 valence electrons. The molecule has 0 aromatic heterocycles. The van der Waals surface area contributed by atoms with Crippen LogP contribution in [0.2, 0.25) is 0 Å². The van der Waals surface area contributed by atoms with Gasteiger partial charge in [-0.1, -0.05) is 102 Å². The molecule has 0 spiro atoms. The van der Waals surface area contributed by atoms with Gasteiger partial charge in [-0.15, -0.1) is 0 Å². The van der Waals surface area contributed by atoms with E-state index < -0.39 is 0 Å². The fraction of sp³-hybridized carbons (Fsp3) is 0.111. The quantitative estimate of drug-likeness (QED) is 0.215. The third-order valence-electron chi connectivity index (χ3n) is 5.45. The van der Waals surface area contributed by atoms with Crippen molar-refractivity contribution in [3.8, 4) is 0 Å². The topological polar surface area (TPSA) is 0 Å². The van der Waals surface area contributed by atoms with Crippen molar-refractivity contribution in [1.29, 1.82) is 0 Å². The standard InChI is InChI=1S/C27H23I/c1-20-8-12-23(13-9-20)27(22-6-4-3-5-7-22,24-14-10-21(2)11-15-24)25-16-18-26(28)19-17-25/h3-19H,1-2H3. The van der Waals surface area contributed by atoms with Gasteiger partial charge in [0.25, 0.3) is 0 Å². The normalized spacial score (nSPS) is 11.4. The van der Waals surface area contributed by atoms with Gasteiger partial charge in [-0.2, -0.15) is 0 Å². The van der Waals surface area contributed by atoms with Crippen molar-refractivity contribution in [3.05, 3.63) is 140 Å². The molecule has 0 aliphatic rings. The Hall–Kier alpha value is -2.39. The summed E-state index contributed by atoms with van der Waals surface area (Å²) in [6, 6.07) is 37.8. The van der Waals surface area contributed by atoms with Gasteiger partial charge in [0.15, 0.2) is 0 Å². The van der Waals surface area contributed by atoms with Gasteiger partial charge in [0, 0.05) is 3.57 Å². The fourth-order valence-corrected chi connectivity index (χ4v) is 4.35. The number of benzene rings is 4. The Labute approximate surface area is 181 Å². The molecule has 0 fully saturated rings. The zero-order chi connectivity index (χ0) is 19.6. The van der Waals surface area contributed by atoms with Crippen LogP contribution in [0.15, 0.2) is 103 Å². The van der Waals surface area contributed by atoms with Crippen molar-refractivity contribution in [1.82, 2.24) is 0 Å². The minimum absolute atomic E-state index is 0.354. The van der Waals surface area contributed by atoms with Crippen LogP contribution in [0, 0.1) is 17.4 Å². The second-order valence-corrected chi connectivity index (χ2v) is 8.60. The molecule has 0 saturated heterocycles.